The molecule has 6 nitrogen and oxygen atoms in total. The highest BCUT2D eigenvalue weighted by molar-refractivity contribution is 7.93. The molecule has 0 spiro atoms. The number of para-hydroxylation sites is 2. The maximum absolute atomic E-state index is 12.6. The lowest BCUT2D eigenvalue weighted by Gasteiger charge is -2.20. The Hall–Kier alpha value is -2.06. The quantitative estimate of drug-likeness (QED) is 0.832. The number of anilines is 2. The minimum absolute atomic E-state index is 0.119. The standard InChI is InChI=1S/C17H22N2O4S2/c1-13(2)14-9-11-15(12-10-14)25(22,23)18-16-7-5-6-8-17(16)19(3)24(4,20)21/h5-13,18H,1-4H3. The van der Waals surface area contributed by atoms with E-state index in [1.807, 2.05) is 13.8 Å². The second-order valence-electron chi connectivity index (χ2n) is 6.08. The van der Waals surface area contributed by atoms with Gasteiger partial charge in [0.15, 0.2) is 0 Å². The van der Waals surface area contributed by atoms with Crippen molar-refractivity contribution < 1.29 is 16.8 Å². The van der Waals surface area contributed by atoms with Crippen molar-refractivity contribution in [3.8, 4) is 0 Å². The summed E-state index contributed by atoms with van der Waals surface area (Å²) in [6.07, 6.45) is 1.06. The summed E-state index contributed by atoms with van der Waals surface area (Å²) in [6, 6.07) is 13.0. The molecule has 0 atom stereocenters. The molecule has 0 bridgehead atoms. The summed E-state index contributed by atoms with van der Waals surface area (Å²) in [7, 11) is -5.97. The van der Waals surface area contributed by atoms with Crippen molar-refractivity contribution >= 4 is 31.4 Å². The van der Waals surface area contributed by atoms with Gasteiger partial charge < -0.3 is 0 Å². The lowest BCUT2D eigenvalue weighted by atomic mass is 10.0. The zero-order chi connectivity index (χ0) is 18.8. The zero-order valence-corrected chi connectivity index (χ0v) is 16.2. The van der Waals surface area contributed by atoms with Crippen molar-refractivity contribution in [2.24, 2.45) is 0 Å². The number of nitrogens with zero attached hydrogens (tertiary/aromatic N) is 1. The van der Waals surface area contributed by atoms with E-state index in [1.165, 1.54) is 13.1 Å². The predicted molar refractivity (Wildman–Crippen MR) is 101 cm³/mol. The Morgan fingerprint density at radius 1 is 0.920 bits per heavy atom. The molecule has 0 amide bonds. The minimum Gasteiger partial charge on any atom is -0.277 e. The molecule has 0 fully saturated rings. The number of hydrogen-bond acceptors (Lipinski definition) is 4. The van der Waals surface area contributed by atoms with Gasteiger partial charge in [0.05, 0.1) is 22.5 Å². The van der Waals surface area contributed by atoms with Gasteiger partial charge in [-0.05, 0) is 35.7 Å². The van der Waals surface area contributed by atoms with E-state index in [2.05, 4.69) is 4.72 Å². The average molecular weight is 383 g/mol. The summed E-state index contributed by atoms with van der Waals surface area (Å²) in [5.41, 5.74) is 1.49. The highest BCUT2D eigenvalue weighted by Crippen LogP contribution is 2.28. The fraction of sp³-hybridized carbons (Fsp3) is 0.294. The molecule has 2 rings (SSSR count). The second-order valence-corrected chi connectivity index (χ2v) is 9.77. The van der Waals surface area contributed by atoms with E-state index >= 15 is 0 Å². The number of benzene rings is 2. The summed E-state index contributed by atoms with van der Waals surface area (Å²) in [4.78, 5) is 0.119. The van der Waals surface area contributed by atoms with Gasteiger partial charge in [-0.3, -0.25) is 9.03 Å². The van der Waals surface area contributed by atoms with Crippen LogP contribution in [-0.2, 0) is 20.0 Å². The monoisotopic (exact) mass is 382 g/mol. The van der Waals surface area contributed by atoms with E-state index in [1.54, 1.807) is 42.5 Å². The fourth-order valence-electron chi connectivity index (χ4n) is 2.25. The number of hydrogen-bond donors (Lipinski definition) is 1. The third-order valence-corrected chi connectivity index (χ3v) is 6.42. The van der Waals surface area contributed by atoms with Crippen LogP contribution >= 0.6 is 0 Å². The smallest absolute Gasteiger partial charge is 0.261 e. The molecule has 0 aliphatic heterocycles. The van der Waals surface area contributed by atoms with E-state index in [9.17, 15) is 16.8 Å². The van der Waals surface area contributed by atoms with Gasteiger partial charge in [0.2, 0.25) is 10.0 Å². The molecule has 2 aromatic rings. The van der Waals surface area contributed by atoms with E-state index in [0.717, 1.165) is 16.1 Å². The Balaban J connectivity index is 2.39. The molecule has 136 valence electrons. The molecule has 0 saturated heterocycles. The molecule has 1 N–H and O–H groups in total. The maximum atomic E-state index is 12.6. The Labute approximate surface area is 149 Å². The van der Waals surface area contributed by atoms with Crippen LogP contribution in [0, 0.1) is 0 Å². The average Bonchev–Trinajstić information content (AvgIpc) is 2.53. The Morgan fingerprint density at radius 2 is 1.48 bits per heavy atom. The molecule has 0 radical (unpaired) electrons. The van der Waals surface area contributed by atoms with Crippen LogP contribution in [0.3, 0.4) is 0 Å². The van der Waals surface area contributed by atoms with Crippen molar-refractivity contribution in [1.29, 1.82) is 0 Å². The van der Waals surface area contributed by atoms with E-state index in [4.69, 9.17) is 0 Å². The highest BCUT2D eigenvalue weighted by atomic mass is 32.2. The topological polar surface area (TPSA) is 83.6 Å². The molecule has 0 aliphatic carbocycles. The summed E-state index contributed by atoms with van der Waals surface area (Å²) in [6.45, 7) is 4.05. The van der Waals surface area contributed by atoms with Gasteiger partial charge in [-0.15, -0.1) is 0 Å². The highest BCUT2D eigenvalue weighted by Gasteiger charge is 2.20. The summed E-state index contributed by atoms with van der Waals surface area (Å²) < 4.78 is 52.3. The summed E-state index contributed by atoms with van der Waals surface area (Å²) in [5, 5.41) is 0. The summed E-state index contributed by atoms with van der Waals surface area (Å²) >= 11 is 0. The third-order valence-electron chi connectivity index (χ3n) is 3.84. The Morgan fingerprint density at radius 3 is 2.00 bits per heavy atom. The van der Waals surface area contributed by atoms with Crippen LogP contribution in [0.5, 0.6) is 0 Å². The van der Waals surface area contributed by atoms with Gasteiger partial charge in [0, 0.05) is 7.05 Å². The van der Waals surface area contributed by atoms with Crippen LogP contribution in [-0.4, -0.2) is 30.1 Å². The summed E-state index contributed by atoms with van der Waals surface area (Å²) in [5.74, 6) is 0.300. The van der Waals surface area contributed by atoms with Crippen LogP contribution in [0.25, 0.3) is 0 Å². The largest absolute Gasteiger partial charge is 0.277 e. The van der Waals surface area contributed by atoms with Crippen LogP contribution in [0.2, 0.25) is 0 Å². The minimum atomic E-state index is -3.83. The van der Waals surface area contributed by atoms with Crippen molar-refractivity contribution in [1.82, 2.24) is 0 Å². The van der Waals surface area contributed by atoms with Gasteiger partial charge in [-0.2, -0.15) is 0 Å². The normalized spacial score (nSPS) is 12.2. The number of sulfonamides is 2. The van der Waals surface area contributed by atoms with Gasteiger partial charge >= 0.3 is 0 Å². The van der Waals surface area contributed by atoms with Gasteiger partial charge in [0.1, 0.15) is 0 Å². The number of rotatable bonds is 6. The van der Waals surface area contributed by atoms with Crippen LogP contribution in [0.15, 0.2) is 53.4 Å². The molecule has 0 aromatic heterocycles. The van der Waals surface area contributed by atoms with E-state index < -0.39 is 20.0 Å². The fourth-order valence-corrected chi connectivity index (χ4v) is 3.84. The molecule has 25 heavy (non-hydrogen) atoms. The van der Waals surface area contributed by atoms with Gasteiger partial charge in [-0.1, -0.05) is 38.1 Å². The molecule has 0 unspecified atom stereocenters. The molecular formula is C17H22N2O4S2. The first-order valence-electron chi connectivity index (χ1n) is 7.68. The Bertz CT molecular complexity index is 950. The van der Waals surface area contributed by atoms with Crippen molar-refractivity contribution in [3.63, 3.8) is 0 Å². The van der Waals surface area contributed by atoms with E-state index in [0.29, 0.717) is 5.92 Å². The molecule has 0 saturated carbocycles. The zero-order valence-electron chi connectivity index (χ0n) is 14.6. The maximum Gasteiger partial charge on any atom is 0.261 e. The Kier molecular flexibility index (Phi) is 5.43. The molecule has 0 aliphatic rings. The molecule has 8 heteroatoms. The lowest BCUT2D eigenvalue weighted by Crippen LogP contribution is -2.26. The van der Waals surface area contributed by atoms with Crippen molar-refractivity contribution in [2.75, 3.05) is 22.3 Å². The van der Waals surface area contributed by atoms with Crippen LogP contribution in [0.4, 0.5) is 11.4 Å². The predicted octanol–water partition coefficient (Wildman–Crippen LogP) is 3.01. The number of nitrogens with one attached hydrogen (secondary N) is 1. The first-order chi connectivity index (χ1) is 11.5. The van der Waals surface area contributed by atoms with Gasteiger partial charge in [0.25, 0.3) is 10.0 Å². The van der Waals surface area contributed by atoms with Crippen LogP contribution < -0.4 is 9.03 Å². The first-order valence-corrected chi connectivity index (χ1v) is 11.0. The molecule has 2 aromatic carbocycles. The first kappa shape index (κ1) is 19.3. The molecule has 0 heterocycles. The SMILES string of the molecule is CC(C)c1ccc(S(=O)(=O)Nc2ccccc2N(C)S(C)(=O)=O)cc1. The second kappa shape index (κ2) is 7.05. The third kappa shape index (κ3) is 4.52. The van der Waals surface area contributed by atoms with Crippen LogP contribution in [0.1, 0.15) is 25.3 Å². The van der Waals surface area contributed by atoms with Gasteiger partial charge in [-0.25, -0.2) is 16.8 Å². The lowest BCUT2D eigenvalue weighted by molar-refractivity contribution is 0.598. The molecular weight excluding hydrogens is 360 g/mol. The van der Waals surface area contributed by atoms with Crippen molar-refractivity contribution in [3.05, 3.63) is 54.1 Å². The van der Waals surface area contributed by atoms with Crippen molar-refractivity contribution in [2.45, 2.75) is 24.7 Å². The van der Waals surface area contributed by atoms with E-state index in [-0.39, 0.29) is 16.3 Å².